The molecule has 1 atom stereocenters. The zero-order valence-electron chi connectivity index (χ0n) is 12.4. The zero-order chi connectivity index (χ0) is 15.1. The van der Waals surface area contributed by atoms with Crippen LogP contribution in [0.4, 0.5) is 0 Å². The van der Waals surface area contributed by atoms with Gasteiger partial charge >= 0.3 is 0 Å². The van der Waals surface area contributed by atoms with E-state index in [1.54, 1.807) is 24.3 Å². The van der Waals surface area contributed by atoms with Crippen molar-refractivity contribution >= 4 is 11.8 Å². The number of amides is 2. The molecule has 1 aromatic carbocycles. The second kappa shape index (κ2) is 7.62. The van der Waals surface area contributed by atoms with E-state index in [1.165, 1.54) is 0 Å². The van der Waals surface area contributed by atoms with Crippen LogP contribution in [0.5, 0.6) is 0 Å². The highest BCUT2D eigenvalue weighted by atomic mass is 16.2. The van der Waals surface area contributed by atoms with Gasteiger partial charge in [0.05, 0.1) is 0 Å². The van der Waals surface area contributed by atoms with Crippen molar-refractivity contribution in [2.24, 2.45) is 0 Å². The van der Waals surface area contributed by atoms with Gasteiger partial charge in [-0.25, -0.2) is 0 Å². The van der Waals surface area contributed by atoms with E-state index < -0.39 is 0 Å². The molecule has 112 valence electrons. The Morgan fingerprint density at radius 3 is 2.62 bits per heavy atom. The van der Waals surface area contributed by atoms with Gasteiger partial charge in [0.15, 0.2) is 0 Å². The molecule has 0 bridgehead atoms. The maximum absolute atomic E-state index is 12.2. The molecule has 21 heavy (non-hydrogen) atoms. The van der Waals surface area contributed by atoms with Crippen LogP contribution >= 0.6 is 0 Å². The van der Waals surface area contributed by atoms with Crippen LogP contribution in [0.3, 0.4) is 0 Å². The average Bonchev–Trinajstić information content (AvgIpc) is 2.53. The molecule has 0 saturated carbocycles. The van der Waals surface area contributed by atoms with E-state index in [-0.39, 0.29) is 17.9 Å². The van der Waals surface area contributed by atoms with E-state index in [0.29, 0.717) is 17.7 Å². The lowest BCUT2D eigenvalue weighted by atomic mass is 10.0. The lowest BCUT2D eigenvalue weighted by Crippen LogP contribution is -2.35. The lowest BCUT2D eigenvalue weighted by Gasteiger charge is -2.19. The fraction of sp³-hybridized carbons (Fsp3) is 0.412. The number of rotatable bonds is 5. The summed E-state index contributed by atoms with van der Waals surface area (Å²) in [4.78, 5) is 24.2. The first-order valence-corrected chi connectivity index (χ1v) is 7.55. The topological polar surface area (TPSA) is 58.2 Å². The van der Waals surface area contributed by atoms with Crippen LogP contribution in [-0.4, -0.2) is 24.4 Å². The van der Waals surface area contributed by atoms with Crippen LogP contribution in [0, 0.1) is 0 Å². The number of allylic oxidation sites excluding steroid dienone is 1. The molecule has 0 unspecified atom stereocenters. The first-order valence-electron chi connectivity index (χ1n) is 7.55. The highest BCUT2D eigenvalue weighted by Crippen LogP contribution is 2.12. The average molecular weight is 286 g/mol. The Kier molecular flexibility index (Phi) is 5.55. The maximum Gasteiger partial charge on any atom is 0.251 e. The van der Waals surface area contributed by atoms with Crippen LogP contribution in [0.15, 0.2) is 36.4 Å². The molecule has 0 heterocycles. The summed E-state index contributed by atoms with van der Waals surface area (Å²) in [6.45, 7) is 2.65. The maximum atomic E-state index is 12.2. The fourth-order valence-electron chi connectivity index (χ4n) is 2.34. The minimum absolute atomic E-state index is 0.111. The summed E-state index contributed by atoms with van der Waals surface area (Å²) in [5.41, 5.74) is 1.06. The van der Waals surface area contributed by atoms with Gasteiger partial charge in [-0.15, -0.1) is 0 Å². The second-order valence-corrected chi connectivity index (χ2v) is 5.29. The summed E-state index contributed by atoms with van der Waals surface area (Å²) >= 11 is 0. The van der Waals surface area contributed by atoms with Crippen LogP contribution in [0.25, 0.3) is 0 Å². The molecule has 1 aromatic rings. The van der Waals surface area contributed by atoms with E-state index in [4.69, 9.17) is 0 Å². The largest absolute Gasteiger partial charge is 0.352 e. The van der Waals surface area contributed by atoms with E-state index in [2.05, 4.69) is 22.8 Å². The second-order valence-electron chi connectivity index (χ2n) is 5.29. The Bertz CT molecular complexity index is 537. The number of hydrogen-bond acceptors (Lipinski definition) is 2. The molecule has 4 nitrogen and oxygen atoms in total. The van der Waals surface area contributed by atoms with Crippen LogP contribution < -0.4 is 10.6 Å². The molecule has 0 spiro atoms. The molecule has 0 aromatic heterocycles. The van der Waals surface area contributed by atoms with Crippen LogP contribution in [0.1, 0.15) is 53.3 Å². The monoisotopic (exact) mass is 286 g/mol. The molecule has 0 radical (unpaired) electrons. The zero-order valence-corrected chi connectivity index (χ0v) is 12.4. The summed E-state index contributed by atoms with van der Waals surface area (Å²) < 4.78 is 0. The van der Waals surface area contributed by atoms with Gasteiger partial charge in [0.25, 0.3) is 11.8 Å². The highest BCUT2D eigenvalue weighted by molar-refractivity contribution is 5.99. The van der Waals surface area contributed by atoms with Gasteiger partial charge in [0.1, 0.15) is 0 Å². The Labute approximate surface area is 125 Å². The minimum atomic E-state index is -0.132. The van der Waals surface area contributed by atoms with Crippen LogP contribution in [0.2, 0.25) is 0 Å². The SMILES string of the molecule is CCCNC(=O)c1cccc(C(=O)N[C@H]2CC=CCC2)c1. The number of nitrogens with one attached hydrogen (secondary N) is 2. The van der Waals surface area contributed by atoms with Gasteiger partial charge < -0.3 is 10.6 Å². The molecule has 2 rings (SSSR count). The van der Waals surface area contributed by atoms with Crippen molar-refractivity contribution in [2.45, 2.75) is 38.6 Å². The normalized spacial score (nSPS) is 17.3. The van der Waals surface area contributed by atoms with Crippen molar-refractivity contribution in [1.82, 2.24) is 10.6 Å². The fourth-order valence-corrected chi connectivity index (χ4v) is 2.34. The molecule has 0 fully saturated rings. The van der Waals surface area contributed by atoms with Gasteiger partial charge in [0.2, 0.25) is 0 Å². The number of carbonyl (C=O) groups is 2. The van der Waals surface area contributed by atoms with E-state index >= 15 is 0 Å². The molecular weight excluding hydrogens is 264 g/mol. The Hall–Kier alpha value is -2.10. The number of benzene rings is 1. The van der Waals surface area contributed by atoms with E-state index in [1.807, 2.05) is 6.92 Å². The molecule has 0 saturated heterocycles. The quantitative estimate of drug-likeness (QED) is 0.818. The molecule has 1 aliphatic rings. The smallest absolute Gasteiger partial charge is 0.251 e. The molecule has 4 heteroatoms. The Morgan fingerprint density at radius 2 is 1.95 bits per heavy atom. The van der Waals surface area contributed by atoms with Crippen molar-refractivity contribution in [3.8, 4) is 0 Å². The van der Waals surface area contributed by atoms with Gasteiger partial charge in [0, 0.05) is 23.7 Å². The van der Waals surface area contributed by atoms with Gasteiger partial charge in [-0.1, -0.05) is 25.1 Å². The summed E-state index contributed by atoms with van der Waals surface area (Å²) in [7, 11) is 0. The number of hydrogen-bond donors (Lipinski definition) is 2. The van der Waals surface area contributed by atoms with Crippen molar-refractivity contribution in [1.29, 1.82) is 0 Å². The standard InChI is InChI=1S/C17H22N2O2/c1-2-11-18-16(20)13-7-6-8-14(12-13)17(21)19-15-9-4-3-5-10-15/h3-4,6-8,12,15H,2,5,9-11H2,1H3,(H,18,20)(H,19,21)/t15-/m0/s1. The lowest BCUT2D eigenvalue weighted by molar-refractivity contribution is 0.0934. The molecule has 2 N–H and O–H groups in total. The highest BCUT2D eigenvalue weighted by Gasteiger charge is 2.15. The predicted octanol–water partition coefficient (Wildman–Crippen LogP) is 2.66. The predicted molar refractivity (Wildman–Crippen MR) is 83.3 cm³/mol. The third kappa shape index (κ3) is 4.45. The van der Waals surface area contributed by atoms with Gasteiger partial charge in [-0.05, 0) is 43.9 Å². The number of carbonyl (C=O) groups excluding carboxylic acids is 2. The summed E-state index contributed by atoms with van der Waals surface area (Å²) in [6.07, 6.45) is 7.98. The molecule has 1 aliphatic carbocycles. The molecule has 0 aliphatic heterocycles. The van der Waals surface area contributed by atoms with Gasteiger partial charge in [-0.3, -0.25) is 9.59 Å². The van der Waals surface area contributed by atoms with Crippen molar-refractivity contribution in [3.05, 3.63) is 47.5 Å². The van der Waals surface area contributed by atoms with Crippen LogP contribution in [-0.2, 0) is 0 Å². The van der Waals surface area contributed by atoms with Crippen molar-refractivity contribution in [3.63, 3.8) is 0 Å². The van der Waals surface area contributed by atoms with Gasteiger partial charge in [-0.2, -0.15) is 0 Å². The van der Waals surface area contributed by atoms with E-state index in [0.717, 1.165) is 25.7 Å². The summed E-state index contributed by atoms with van der Waals surface area (Å²) in [6, 6.07) is 7.06. The Balaban J connectivity index is 2.00. The molecule has 2 amide bonds. The van der Waals surface area contributed by atoms with Crippen molar-refractivity contribution in [2.75, 3.05) is 6.54 Å². The minimum Gasteiger partial charge on any atom is -0.352 e. The summed E-state index contributed by atoms with van der Waals surface area (Å²) in [5, 5.41) is 5.84. The first-order chi connectivity index (χ1) is 10.2. The third-order valence-electron chi connectivity index (χ3n) is 3.53. The first kappa shape index (κ1) is 15.3. The van der Waals surface area contributed by atoms with Crippen molar-refractivity contribution < 1.29 is 9.59 Å². The Morgan fingerprint density at radius 1 is 1.19 bits per heavy atom. The van der Waals surface area contributed by atoms with E-state index in [9.17, 15) is 9.59 Å². The molecular formula is C17H22N2O2. The third-order valence-corrected chi connectivity index (χ3v) is 3.53. The summed E-state index contributed by atoms with van der Waals surface area (Å²) in [5.74, 6) is -0.243.